The summed E-state index contributed by atoms with van der Waals surface area (Å²) in [6.45, 7) is 0. The van der Waals surface area contributed by atoms with Gasteiger partial charge in [0, 0.05) is 26.7 Å². The highest BCUT2D eigenvalue weighted by molar-refractivity contribution is 9.10. The summed E-state index contributed by atoms with van der Waals surface area (Å²) in [6, 6.07) is 22.0. The minimum Gasteiger partial charge on any atom is -0.327 e. The number of anilines is 2. The first-order chi connectivity index (χ1) is 16.1. The van der Waals surface area contributed by atoms with Gasteiger partial charge in [0.15, 0.2) is 5.65 Å². The molecule has 0 saturated carbocycles. The molecule has 0 fully saturated rings. The third-order valence-corrected chi connectivity index (χ3v) is 7.99. The van der Waals surface area contributed by atoms with Crippen molar-refractivity contribution in [3.05, 3.63) is 71.2 Å². The highest BCUT2D eigenvalue weighted by atomic mass is 79.9. The molecule has 0 saturated heterocycles. The summed E-state index contributed by atoms with van der Waals surface area (Å²) in [7, 11) is 1.96. The normalized spacial score (nSPS) is 12.7. The van der Waals surface area contributed by atoms with E-state index in [2.05, 4.69) is 26.1 Å². The van der Waals surface area contributed by atoms with Crippen LogP contribution < -0.4 is 4.90 Å². The molecule has 0 bridgehead atoms. The van der Waals surface area contributed by atoms with Crippen LogP contribution in [-0.2, 0) is 11.8 Å². The number of nitrogens with zero attached hydrogens (tertiary/aromatic N) is 5. The summed E-state index contributed by atoms with van der Waals surface area (Å²) in [5.41, 5.74) is 4.34. The van der Waals surface area contributed by atoms with Crippen LogP contribution in [0, 0.1) is 0 Å². The Bertz CT molecular complexity index is 1520. The molecule has 9 heteroatoms. The van der Waals surface area contributed by atoms with Crippen molar-refractivity contribution in [1.29, 1.82) is 0 Å². The standard InChI is InChI=1S/C24H16BrN5OS2/c1-29-16-11-10-14(25)12-15(16)22-23(29)26-24(28-27-22)32-13-21(31)30-17-6-2-4-8-19(17)33-20-9-5-3-7-18(20)30/h2-12H,13H2,1H3. The molecule has 3 heterocycles. The Labute approximate surface area is 206 Å². The van der Waals surface area contributed by atoms with Crippen LogP contribution >= 0.6 is 39.5 Å². The summed E-state index contributed by atoms with van der Waals surface area (Å²) in [5, 5.41) is 10.2. The summed E-state index contributed by atoms with van der Waals surface area (Å²) in [4.78, 5) is 22.1. The van der Waals surface area contributed by atoms with E-state index in [1.807, 2.05) is 78.3 Å². The number of hydrogen-bond donors (Lipinski definition) is 0. The number of rotatable bonds is 3. The van der Waals surface area contributed by atoms with Crippen molar-refractivity contribution in [2.24, 2.45) is 7.05 Å². The van der Waals surface area contributed by atoms with E-state index in [1.54, 1.807) is 16.7 Å². The van der Waals surface area contributed by atoms with E-state index in [4.69, 9.17) is 4.98 Å². The number of aromatic nitrogens is 4. The number of carbonyl (C=O) groups excluding carboxylic acids is 1. The molecule has 5 aromatic rings. The molecule has 1 amide bonds. The van der Waals surface area contributed by atoms with E-state index in [1.165, 1.54) is 11.8 Å². The number of benzene rings is 3. The molecule has 0 unspecified atom stereocenters. The predicted octanol–water partition coefficient (Wildman–Crippen LogP) is 6.20. The van der Waals surface area contributed by atoms with Crippen molar-refractivity contribution in [2.45, 2.75) is 14.9 Å². The fourth-order valence-corrected chi connectivity index (χ4v) is 6.09. The molecule has 6 rings (SSSR count). The third kappa shape index (κ3) is 3.51. The summed E-state index contributed by atoms with van der Waals surface area (Å²) in [5.74, 6) is 0.181. The van der Waals surface area contributed by atoms with Crippen LogP contribution in [-0.4, -0.2) is 31.4 Å². The first-order valence-electron chi connectivity index (χ1n) is 10.2. The molecule has 0 spiro atoms. The lowest BCUT2D eigenvalue weighted by atomic mass is 10.2. The van der Waals surface area contributed by atoms with Gasteiger partial charge < -0.3 is 4.57 Å². The first kappa shape index (κ1) is 20.7. The van der Waals surface area contributed by atoms with Crippen LogP contribution in [0.15, 0.2) is 86.2 Å². The van der Waals surface area contributed by atoms with Crippen molar-refractivity contribution < 1.29 is 4.79 Å². The smallest absolute Gasteiger partial charge is 0.242 e. The summed E-state index contributed by atoms with van der Waals surface area (Å²) < 4.78 is 2.99. The quantitative estimate of drug-likeness (QED) is 0.257. The number of aryl methyl sites for hydroxylation is 1. The van der Waals surface area contributed by atoms with Gasteiger partial charge in [0.25, 0.3) is 0 Å². The lowest BCUT2D eigenvalue weighted by Gasteiger charge is -2.30. The Morgan fingerprint density at radius 3 is 2.42 bits per heavy atom. The summed E-state index contributed by atoms with van der Waals surface area (Å²) >= 11 is 6.50. The maximum Gasteiger partial charge on any atom is 0.242 e. The maximum absolute atomic E-state index is 13.4. The van der Waals surface area contributed by atoms with Gasteiger partial charge in [-0.3, -0.25) is 9.69 Å². The molecule has 0 N–H and O–H groups in total. The molecule has 0 atom stereocenters. The number of amides is 1. The average Bonchev–Trinajstić information content (AvgIpc) is 3.11. The van der Waals surface area contributed by atoms with Crippen LogP contribution in [0.5, 0.6) is 0 Å². The minimum atomic E-state index is -0.0233. The lowest BCUT2D eigenvalue weighted by Crippen LogP contribution is -2.30. The molecule has 0 aliphatic carbocycles. The highest BCUT2D eigenvalue weighted by Crippen LogP contribution is 2.48. The van der Waals surface area contributed by atoms with E-state index in [-0.39, 0.29) is 11.7 Å². The molecule has 2 aromatic heterocycles. The van der Waals surface area contributed by atoms with Crippen molar-refractivity contribution in [1.82, 2.24) is 19.7 Å². The number of para-hydroxylation sites is 2. The zero-order valence-electron chi connectivity index (χ0n) is 17.4. The molecule has 1 aliphatic rings. The van der Waals surface area contributed by atoms with Crippen LogP contribution in [0.25, 0.3) is 22.1 Å². The topological polar surface area (TPSA) is 63.9 Å². The van der Waals surface area contributed by atoms with Gasteiger partial charge in [-0.1, -0.05) is 63.7 Å². The van der Waals surface area contributed by atoms with E-state index in [9.17, 15) is 4.79 Å². The fourth-order valence-electron chi connectivity index (χ4n) is 4.04. The van der Waals surface area contributed by atoms with E-state index < -0.39 is 0 Å². The fraction of sp³-hybridized carbons (Fsp3) is 0.0833. The zero-order valence-corrected chi connectivity index (χ0v) is 20.6. The molecule has 162 valence electrons. The average molecular weight is 534 g/mol. The van der Waals surface area contributed by atoms with Crippen LogP contribution in [0.2, 0.25) is 0 Å². The number of carbonyl (C=O) groups is 1. The molecule has 0 radical (unpaired) electrons. The van der Waals surface area contributed by atoms with Crippen molar-refractivity contribution in [3.8, 4) is 0 Å². The zero-order chi connectivity index (χ0) is 22.5. The number of halogens is 1. The van der Waals surface area contributed by atoms with E-state index in [0.717, 1.165) is 47.7 Å². The molecular weight excluding hydrogens is 518 g/mol. The number of thioether (sulfide) groups is 1. The second-order valence-electron chi connectivity index (χ2n) is 7.54. The van der Waals surface area contributed by atoms with Crippen molar-refractivity contribution in [3.63, 3.8) is 0 Å². The number of fused-ring (bicyclic) bond motifs is 5. The van der Waals surface area contributed by atoms with Gasteiger partial charge in [0.2, 0.25) is 11.1 Å². The molecule has 3 aromatic carbocycles. The Morgan fingerprint density at radius 1 is 1.00 bits per heavy atom. The highest BCUT2D eigenvalue weighted by Gasteiger charge is 2.28. The third-order valence-electron chi connectivity index (χ3n) is 5.55. The second kappa shape index (κ2) is 8.16. The van der Waals surface area contributed by atoms with Crippen LogP contribution in [0.3, 0.4) is 0 Å². The van der Waals surface area contributed by atoms with Gasteiger partial charge in [-0.2, -0.15) is 0 Å². The largest absolute Gasteiger partial charge is 0.327 e. The molecule has 6 nitrogen and oxygen atoms in total. The van der Waals surface area contributed by atoms with E-state index >= 15 is 0 Å². The van der Waals surface area contributed by atoms with Gasteiger partial charge in [-0.25, -0.2) is 4.98 Å². The van der Waals surface area contributed by atoms with Crippen LogP contribution in [0.1, 0.15) is 0 Å². The minimum absolute atomic E-state index is 0.0233. The number of hydrogen-bond acceptors (Lipinski definition) is 6. The molecular formula is C24H16BrN5OS2. The van der Waals surface area contributed by atoms with Crippen molar-refractivity contribution in [2.75, 3.05) is 10.7 Å². The van der Waals surface area contributed by atoms with Gasteiger partial charge in [0.05, 0.1) is 22.6 Å². The second-order valence-corrected chi connectivity index (χ2v) is 10.5. The SMILES string of the molecule is Cn1c2ccc(Br)cc2c2nnc(SCC(=O)N3c4ccccc4Sc4ccccc43)nc21. The van der Waals surface area contributed by atoms with Gasteiger partial charge in [-0.15, -0.1) is 10.2 Å². The Morgan fingerprint density at radius 2 is 1.70 bits per heavy atom. The monoisotopic (exact) mass is 533 g/mol. The Hall–Kier alpha value is -2.88. The van der Waals surface area contributed by atoms with Gasteiger partial charge in [-0.05, 0) is 42.5 Å². The maximum atomic E-state index is 13.4. The first-order valence-corrected chi connectivity index (χ1v) is 12.8. The Balaban J connectivity index is 1.31. The van der Waals surface area contributed by atoms with Crippen molar-refractivity contribution >= 4 is 78.8 Å². The molecule has 1 aliphatic heterocycles. The van der Waals surface area contributed by atoms with Gasteiger partial charge in [0.1, 0.15) is 5.52 Å². The Kier molecular flexibility index (Phi) is 5.12. The van der Waals surface area contributed by atoms with Gasteiger partial charge >= 0.3 is 0 Å². The lowest BCUT2D eigenvalue weighted by molar-refractivity contribution is -0.115. The predicted molar refractivity (Wildman–Crippen MR) is 136 cm³/mol. The van der Waals surface area contributed by atoms with Crippen LogP contribution in [0.4, 0.5) is 11.4 Å². The summed E-state index contributed by atoms with van der Waals surface area (Å²) in [6.07, 6.45) is 0. The molecule has 33 heavy (non-hydrogen) atoms. The van der Waals surface area contributed by atoms with E-state index in [0.29, 0.717) is 5.16 Å².